The molecule has 0 heterocycles. The molecule has 0 aliphatic rings. The van der Waals surface area contributed by atoms with Crippen molar-refractivity contribution in [2.75, 3.05) is 26.7 Å². The number of carbonyl (C=O) groups is 2. The molecule has 182 valence electrons. The Balaban J connectivity index is 0.00000961. The first-order valence-electron chi connectivity index (χ1n) is 10.4. The Morgan fingerprint density at radius 1 is 0.875 bits per heavy atom. The molecule has 1 rings (SSSR count). The van der Waals surface area contributed by atoms with Crippen LogP contribution in [0, 0.1) is 0 Å². The van der Waals surface area contributed by atoms with Crippen molar-refractivity contribution in [1.29, 1.82) is 0 Å². The lowest BCUT2D eigenvalue weighted by molar-refractivity contribution is 0.0500. The zero-order valence-corrected chi connectivity index (χ0v) is 22.4. The third-order valence-corrected chi connectivity index (χ3v) is 3.68. The van der Waals surface area contributed by atoms with E-state index < -0.39 is 23.4 Å². The topological polar surface area (TPSA) is 113 Å². The summed E-state index contributed by atoms with van der Waals surface area (Å²) in [6, 6.07) is 9.28. The molecule has 0 radical (unpaired) electrons. The van der Waals surface area contributed by atoms with Crippen LogP contribution in [-0.4, -0.2) is 56.0 Å². The van der Waals surface area contributed by atoms with Crippen LogP contribution < -0.4 is 21.3 Å². The van der Waals surface area contributed by atoms with Crippen molar-refractivity contribution in [3.63, 3.8) is 0 Å². The van der Waals surface area contributed by atoms with E-state index in [4.69, 9.17) is 9.47 Å². The average Bonchev–Trinajstić information content (AvgIpc) is 2.64. The molecule has 0 aliphatic carbocycles. The van der Waals surface area contributed by atoms with E-state index in [9.17, 15) is 9.59 Å². The van der Waals surface area contributed by atoms with Gasteiger partial charge in [-0.2, -0.15) is 0 Å². The number of ether oxygens (including phenoxy) is 2. The van der Waals surface area contributed by atoms with Gasteiger partial charge in [-0.05, 0) is 47.1 Å². The van der Waals surface area contributed by atoms with Gasteiger partial charge in [0.1, 0.15) is 11.2 Å². The standard InChI is InChI=1S/C22H37N5O4.HI/c1-21(2,3)30-19(28)25-14-13-24-18(23-7)26-15-17(16-11-9-8-10-12-16)27-20(29)31-22(4,5)6;/h8-12,17H,13-15H2,1-7H3,(H,25,28)(H,27,29)(H2,23,24,26);1H. The van der Waals surface area contributed by atoms with Crippen molar-refractivity contribution in [3.05, 3.63) is 35.9 Å². The number of benzene rings is 1. The van der Waals surface area contributed by atoms with Gasteiger partial charge in [-0.15, -0.1) is 24.0 Å². The smallest absolute Gasteiger partial charge is 0.408 e. The van der Waals surface area contributed by atoms with Crippen LogP contribution in [0.15, 0.2) is 35.3 Å². The van der Waals surface area contributed by atoms with Crippen LogP contribution in [0.25, 0.3) is 0 Å². The molecule has 10 heteroatoms. The van der Waals surface area contributed by atoms with Crippen molar-refractivity contribution < 1.29 is 19.1 Å². The van der Waals surface area contributed by atoms with Gasteiger partial charge in [-0.3, -0.25) is 4.99 Å². The summed E-state index contributed by atoms with van der Waals surface area (Å²) in [4.78, 5) is 28.1. The number of hydrogen-bond donors (Lipinski definition) is 4. The molecule has 0 saturated heterocycles. The molecular weight excluding hydrogens is 525 g/mol. The van der Waals surface area contributed by atoms with E-state index in [-0.39, 0.29) is 30.0 Å². The molecule has 0 aliphatic heterocycles. The Hall–Kier alpha value is -2.24. The van der Waals surface area contributed by atoms with Crippen molar-refractivity contribution in [2.24, 2.45) is 4.99 Å². The van der Waals surface area contributed by atoms with Crippen LogP contribution >= 0.6 is 24.0 Å². The number of alkyl carbamates (subject to hydrolysis) is 2. The third kappa shape index (κ3) is 13.9. The highest BCUT2D eigenvalue weighted by atomic mass is 127. The van der Waals surface area contributed by atoms with E-state index >= 15 is 0 Å². The minimum absolute atomic E-state index is 0. The third-order valence-electron chi connectivity index (χ3n) is 3.68. The zero-order chi connectivity index (χ0) is 23.5. The molecule has 9 nitrogen and oxygen atoms in total. The summed E-state index contributed by atoms with van der Waals surface area (Å²) >= 11 is 0. The number of carbonyl (C=O) groups excluding carboxylic acids is 2. The van der Waals surface area contributed by atoms with Gasteiger partial charge in [0.2, 0.25) is 0 Å². The van der Waals surface area contributed by atoms with Crippen LogP contribution in [0.3, 0.4) is 0 Å². The van der Waals surface area contributed by atoms with Crippen molar-refractivity contribution in [2.45, 2.75) is 58.8 Å². The number of aliphatic imine (C=N–C) groups is 1. The lowest BCUT2D eigenvalue weighted by atomic mass is 10.1. The fourth-order valence-electron chi connectivity index (χ4n) is 2.47. The van der Waals surface area contributed by atoms with Crippen molar-refractivity contribution in [1.82, 2.24) is 21.3 Å². The highest BCUT2D eigenvalue weighted by Crippen LogP contribution is 2.14. The molecule has 0 saturated carbocycles. The van der Waals surface area contributed by atoms with E-state index in [1.807, 2.05) is 71.9 Å². The predicted molar refractivity (Wildman–Crippen MR) is 138 cm³/mol. The SMILES string of the molecule is CN=C(NCCNC(=O)OC(C)(C)C)NCC(NC(=O)OC(C)(C)C)c1ccccc1.I. The Kier molecular flexibility index (Phi) is 13.0. The Bertz CT molecular complexity index is 730. The van der Waals surface area contributed by atoms with Crippen LogP contribution in [0.1, 0.15) is 53.1 Å². The second-order valence-corrected chi connectivity index (χ2v) is 8.92. The molecule has 0 spiro atoms. The number of rotatable bonds is 7. The lowest BCUT2D eigenvalue weighted by Crippen LogP contribution is -2.46. The molecule has 2 amide bonds. The predicted octanol–water partition coefficient (Wildman–Crippen LogP) is 3.56. The summed E-state index contributed by atoms with van der Waals surface area (Å²) in [5, 5.41) is 11.9. The summed E-state index contributed by atoms with van der Waals surface area (Å²) in [6.07, 6.45) is -0.962. The van der Waals surface area contributed by atoms with Crippen LogP contribution in [0.5, 0.6) is 0 Å². The van der Waals surface area contributed by atoms with Crippen LogP contribution in [0.2, 0.25) is 0 Å². The van der Waals surface area contributed by atoms with Crippen LogP contribution in [-0.2, 0) is 9.47 Å². The van der Waals surface area contributed by atoms with Gasteiger partial charge in [-0.1, -0.05) is 30.3 Å². The molecule has 1 unspecified atom stereocenters. The Morgan fingerprint density at radius 3 is 1.94 bits per heavy atom. The van der Waals surface area contributed by atoms with Crippen molar-refractivity contribution in [3.8, 4) is 0 Å². The largest absolute Gasteiger partial charge is 0.444 e. The van der Waals surface area contributed by atoms with E-state index in [0.29, 0.717) is 25.6 Å². The van der Waals surface area contributed by atoms with E-state index in [1.165, 1.54) is 0 Å². The van der Waals surface area contributed by atoms with E-state index in [2.05, 4.69) is 26.3 Å². The van der Waals surface area contributed by atoms with E-state index in [0.717, 1.165) is 5.56 Å². The Labute approximate surface area is 208 Å². The summed E-state index contributed by atoms with van der Waals surface area (Å²) in [5.41, 5.74) is -0.192. The highest BCUT2D eigenvalue weighted by Gasteiger charge is 2.21. The summed E-state index contributed by atoms with van der Waals surface area (Å²) in [5.74, 6) is 0.540. The van der Waals surface area contributed by atoms with Gasteiger partial charge in [0.15, 0.2) is 5.96 Å². The number of amides is 2. The fourth-order valence-corrected chi connectivity index (χ4v) is 2.47. The molecule has 0 bridgehead atoms. The molecule has 0 aromatic heterocycles. The fraction of sp³-hybridized carbons (Fsp3) is 0.591. The van der Waals surface area contributed by atoms with E-state index in [1.54, 1.807) is 7.05 Å². The molecule has 4 N–H and O–H groups in total. The lowest BCUT2D eigenvalue weighted by Gasteiger charge is -2.25. The maximum Gasteiger partial charge on any atom is 0.408 e. The van der Waals surface area contributed by atoms with Gasteiger partial charge in [-0.25, -0.2) is 9.59 Å². The molecule has 1 atom stereocenters. The first-order chi connectivity index (χ1) is 14.4. The molecule has 0 fully saturated rings. The molecule has 32 heavy (non-hydrogen) atoms. The van der Waals surface area contributed by atoms with Crippen molar-refractivity contribution >= 4 is 42.1 Å². The summed E-state index contributed by atoms with van der Waals surface area (Å²) in [7, 11) is 1.65. The normalized spacial score (nSPS) is 12.7. The Morgan fingerprint density at radius 2 is 1.41 bits per heavy atom. The second-order valence-electron chi connectivity index (χ2n) is 8.92. The zero-order valence-electron chi connectivity index (χ0n) is 20.1. The number of nitrogens with one attached hydrogen (secondary N) is 4. The van der Waals surface area contributed by atoms with Gasteiger partial charge in [0.25, 0.3) is 0 Å². The van der Waals surface area contributed by atoms with Gasteiger partial charge in [0, 0.05) is 26.7 Å². The molecule has 1 aromatic carbocycles. The quantitative estimate of drug-likeness (QED) is 0.175. The molecular formula is C22H38IN5O4. The first-order valence-corrected chi connectivity index (χ1v) is 10.4. The molecule has 1 aromatic rings. The van der Waals surface area contributed by atoms with Crippen LogP contribution in [0.4, 0.5) is 9.59 Å². The summed E-state index contributed by atoms with van der Waals surface area (Å²) < 4.78 is 10.6. The summed E-state index contributed by atoms with van der Waals surface area (Å²) in [6.45, 7) is 12.1. The highest BCUT2D eigenvalue weighted by molar-refractivity contribution is 14.0. The minimum atomic E-state index is -0.586. The first kappa shape index (κ1) is 29.8. The number of nitrogens with zero attached hydrogens (tertiary/aromatic N) is 1. The van der Waals surface area contributed by atoms with Gasteiger partial charge < -0.3 is 30.7 Å². The average molecular weight is 563 g/mol. The maximum absolute atomic E-state index is 12.3. The second kappa shape index (κ2) is 14.0. The monoisotopic (exact) mass is 563 g/mol. The number of hydrogen-bond acceptors (Lipinski definition) is 5. The van der Waals surface area contributed by atoms with Gasteiger partial charge in [0.05, 0.1) is 6.04 Å². The maximum atomic E-state index is 12.3. The minimum Gasteiger partial charge on any atom is -0.444 e. The van der Waals surface area contributed by atoms with Gasteiger partial charge >= 0.3 is 12.2 Å². The number of guanidine groups is 1. The number of halogens is 1.